The number of hydrogen-bond donors (Lipinski definition) is 2. The number of rotatable bonds is 5. The number of carbonyl (C=O) groups excluding carboxylic acids is 1. The predicted molar refractivity (Wildman–Crippen MR) is 45.1 cm³/mol. The van der Waals surface area contributed by atoms with Crippen molar-refractivity contribution in [1.29, 1.82) is 0 Å². The summed E-state index contributed by atoms with van der Waals surface area (Å²) in [5.74, 6) is -2.86. The van der Waals surface area contributed by atoms with Gasteiger partial charge in [0.15, 0.2) is 0 Å². The maximum atomic E-state index is 11.7. The van der Waals surface area contributed by atoms with E-state index in [1.165, 1.54) is 6.92 Å². The Morgan fingerprint density at radius 1 is 1.40 bits per heavy atom. The van der Waals surface area contributed by atoms with E-state index in [1.54, 1.807) is 0 Å². The molecule has 0 aromatic rings. The van der Waals surface area contributed by atoms with Crippen molar-refractivity contribution in [1.82, 2.24) is 5.32 Å². The Bertz CT molecular complexity index is 240. The summed E-state index contributed by atoms with van der Waals surface area (Å²) in [6, 6.07) is 0. The van der Waals surface area contributed by atoms with Gasteiger partial charge < -0.3 is 10.4 Å². The molecule has 0 aliphatic rings. The van der Waals surface area contributed by atoms with E-state index in [4.69, 9.17) is 5.11 Å². The highest BCUT2D eigenvalue weighted by molar-refractivity contribution is 5.76. The third kappa shape index (κ3) is 7.77. The molecule has 0 radical (unpaired) electrons. The molecular formula is C8H12F3NO3. The van der Waals surface area contributed by atoms with Crippen LogP contribution in [0.2, 0.25) is 0 Å². The number of carboxylic acids is 1. The Kier molecular flexibility index (Phi) is 5.10. The third-order valence-corrected chi connectivity index (χ3v) is 1.68. The molecule has 7 heteroatoms. The molecule has 0 aliphatic carbocycles. The molecule has 2 N–H and O–H groups in total. The highest BCUT2D eigenvalue weighted by Gasteiger charge is 2.30. The van der Waals surface area contributed by atoms with Crippen LogP contribution in [0.4, 0.5) is 13.2 Å². The summed E-state index contributed by atoms with van der Waals surface area (Å²) in [5.41, 5.74) is 0. The van der Waals surface area contributed by atoms with Crippen molar-refractivity contribution in [3.05, 3.63) is 0 Å². The van der Waals surface area contributed by atoms with Crippen LogP contribution < -0.4 is 5.32 Å². The summed E-state index contributed by atoms with van der Waals surface area (Å²) in [5, 5.41) is 10.4. The summed E-state index contributed by atoms with van der Waals surface area (Å²) in [6.45, 7) is 1.35. The second kappa shape index (κ2) is 5.57. The molecule has 0 rings (SSSR count). The Hall–Kier alpha value is -1.27. The lowest BCUT2D eigenvalue weighted by molar-refractivity contribution is -0.154. The molecule has 0 fully saturated rings. The van der Waals surface area contributed by atoms with Crippen molar-refractivity contribution in [2.45, 2.75) is 25.9 Å². The Balaban J connectivity index is 3.69. The highest BCUT2D eigenvalue weighted by Crippen LogP contribution is 2.18. The minimum absolute atomic E-state index is 0.0671. The van der Waals surface area contributed by atoms with Gasteiger partial charge in [-0.1, -0.05) is 6.92 Å². The minimum Gasteiger partial charge on any atom is -0.481 e. The van der Waals surface area contributed by atoms with Crippen LogP contribution in [-0.2, 0) is 9.59 Å². The fraction of sp³-hybridized carbons (Fsp3) is 0.750. The van der Waals surface area contributed by atoms with E-state index >= 15 is 0 Å². The van der Waals surface area contributed by atoms with Gasteiger partial charge in [0.2, 0.25) is 5.91 Å². The van der Waals surface area contributed by atoms with Crippen molar-refractivity contribution in [3.8, 4) is 0 Å². The first kappa shape index (κ1) is 13.7. The molecule has 1 amide bonds. The van der Waals surface area contributed by atoms with E-state index in [-0.39, 0.29) is 13.0 Å². The number of halogens is 3. The first-order valence-electron chi connectivity index (χ1n) is 4.28. The van der Waals surface area contributed by atoms with Crippen LogP contribution in [0, 0.1) is 5.92 Å². The molecule has 15 heavy (non-hydrogen) atoms. The molecule has 0 saturated carbocycles. The molecule has 1 atom stereocenters. The summed E-state index contributed by atoms with van der Waals surface area (Å²) in [7, 11) is 0. The normalized spacial score (nSPS) is 13.3. The average molecular weight is 227 g/mol. The van der Waals surface area contributed by atoms with Gasteiger partial charge in [0.05, 0.1) is 5.92 Å². The minimum atomic E-state index is -4.53. The molecule has 0 spiro atoms. The highest BCUT2D eigenvalue weighted by atomic mass is 19.4. The smallest absolute Gasteiger partial charge is 0.397 e. The first-order chi connectivity index (χ1) is 6.72. The van der Waals surface area contributed by atoms with Crippen molar-refractivity contribution in [3.63, 3.8) is 0 Å². The van der Waals surface area contributed by atoms with Gasteiger partial charge in [0, 0.05) is 6.54 Å². The number of amides is 1. The SMILES string of the molecule is CC(CCNC(=O)CC(F)(F)F)C(=O)O. The maximum Gasteiger partial charge on any atom is 0.397 e. The summed E-state index contributed by atoms with van der Waals surface area (Å²) >= 11 is 0. The van der Waals surface area contributed by atoms with Gasteiger partial charge in [-0.3, -0.25) is 9.59 Å². The molecule has 0 heterocycles. The van der Waals surface area contributed by atoms with Crippen LogP contribution in [0.3, 0.4) is 0 Å². The number of nitrogens with one attached hydrogen (secondary N) is 1. The van der Waals surface area contributed by atoms with E-state index < -0.39 is 30.4 Å². The van der Waals surface area contributed by atoms with Crippen LogP contribution in [-0.4, -0.2) is 29.7 Å². The zero-order valence-corrected chi connectivity index (χ0v) is 8.10. The van der Waals surface area contributed by atoms with Crippen molar-refractivity contribution in [2.24, 2.45) is 5.92 Å². The Morgan fingerprint density at radius 2 is 1.93 bits per heavy atom. The van der Waals surface area contributed by atoms with E-state index in [9.17, 15) is 22.8 Å². The van der Waals surface area contributed by atoms with Gasteiger partial charge in [-0.15, -0.1) is 0 Å². The topological polar surface area (TPSA) is 66.4 Å². The number of alkyl halides is 3. The van der Waals surface area contributed by atoms with Crippen LogP contribution >= 0.6 is 0 Å². The molecule has 1 unspecified atom stereocenters. The molecule has 0 aliphatic heterocycles. The maximum absolute atomic E-state index is 11.7. The van der Waals surface area contributed by atoms with Crippen LogP contribution in [0.5, 0.6) is 0 Å². The first-order valence-corrected chi connectivity index (χ1v) is 4.28. The molecule has 0 aromatic carbocycles. The van der Waals surface area contributed by atoms with Gasteiger partial charge >= 0.3 is 12.1 Å². The molecular weight excluding hydrogens is 215 g/mol. The summed E-state index contributed by atoms with van der Waals surface area (Å²) < 4.78 is 35.0. The fourth-order valence-electron chi connectivity index (χ4n) is 0.796. The largest absolute Gasteiger partial charge is 0.481 e. The molecule has 0 aromatic heterocycles. The lowest BCUT2D eigenvalue weighted by Crippen LogP contribution is -2.30. The second-order valence-electron chi connectivity index (χ2n) is 3.17. The number of carboxylic acid groups (broad SMARTS) is 1. The fourth-order valence-corrected chi connectivity index (χ4v) is 0.796. The van der Waals surface area contributed by atoms with Gasteiger partial charge in [-0.25, -0.2) is 0 Å². The van der Waals surface area contributed by atoms with E-state index in [0.717, 1.165) is 0 Å². The van der Waals surface area contributed by atoms with Crippen LogP contribution in [0.15, 0.2) is 0 Å². The standard InChI is InChI=1S/C8H12F3NO3/c1-5(7(14)15)2-3-12-6(13)4-8(9,10)11/h5H,2-4H2,1H3,(H,12,13)(H,14,15). The van der Waals surface area contributed by atoms with E-state index in [0.29, 0.717) is 0 Å². The Labute approximate surface area is 84.5 Å². The molecule has 4 nitrogen and oxygen atoms in total. The molecule has 0 bridgehead atoms. The second-order valence-corrected chi connectivity index (χ2v) is 3.17. The predicted octanol–water partition coefficient (Wildman–Crippen LogP) is 1.17. The van der Waals surface area contributed by atoms with E-state index in [1.807, 2.05) is 5.32 Å². The lowest BCUT2D eigenvalue weighted by Gasteiger charge is -2.09. The average Bonchev–Trinajstić information content (AvgIpc) is 2.00. The van der Waals surface area contributed by atoms with Gasteiger partial charge in [0.1, 0.15) is 6.42 Å². The zero-order valence-electron chi connectivity index (χ0n) is 8.10. The molecule has 0 saturated heterocycles. The van der Waals surface area contributed by atoms with Gasteiger partial charge in [-0.2, -0.15) is 13.2 Å². The lowest BCUT2D eigenvalue weighted by atomic mass is 10.1. The number of aliphatic carboxylic acids is 1. The van der Waals surface area contributed by atoms with Crippen molar-refractivity contribution < 1.29 is 27.9 Å². The van der Waals surface area contributed by atoms with Gasteiger partial charge in [0.25, 0.3) is 0 Å². The van der Waals surface area contributed by atoms with Gasteiger partial charge in [-0.05, 0) is 6.42 Å². The number of carbonyl (C=O) groups is 2. The van der Waals surface area contributed by atoms with Crippen LogP contribution in [0.1, 0.15) is 19.8 Å². The van der Waals surface area contributed by atoms with E-state index in [2.05, 4.69) is 0 Å². The zero-order chi connectivity index (χ0) is 12.1. The van der Waals surface area contributed by atoms with Crippen LogP contribution in [0.25, 0.3) is 0 Å². The van der Waals surface area contributed by atoms with Crippen molar-refractivity contribution in [2.75, 3.05) is 6.54 Å². The number of hydrogen-bond acceptors (Lipinski definition) is 2. The monoisotopic (exact) mass is 227 g/mol. The quantitative estimate of drug-likeness (QED) is 0.740. The Morgan fingerprint density at radius 3 is 2.33 bits per heavy atom. The summed E-state index contributed by atoms with van der Waals surface area (Å²) in [4.78, 5) is 20.9. The molecule has 88 valence electrons. The third-order valence-electron chi connectivity index (χ3n) is 1.68. The summed E-state index contributed by atoms with van der Waals surface area (Å²) in [6.07, 6.45) is -5.95. The van der Waals surface area contributed by atoms with Crippen molar-refractivity contribution >= 4 is 11.9 Å².